The van der Waals surface area contributed by atoms with E-state index in [9.17, 15) is 39.6 Å². The molecule has 16 nitrogen and oxygen atoms in total. The Bertz CT molecular complexity index is 2420. The number of rotatable bonds is 25. The predicted octanol–water partition coefficient (Wildman–Crippen LogP) is 12.7. The summed E-state index contributed by atoms with van der Waals surface area (Å²) < 4.78 is 0. The van der Waals surface area contributed by atoms with Gasteiger partial charge in [-0.3, -0.25) is 19.2 Å². The molecule has 16 heteroatoms. The Kier molecular flexibility index (Phi) is 23.2. The van der Waals surface area contributed by atoms with Crippen molar-refractivity contribution in [3.63, 3.8) is 0 Å². The van der Waals surface area contributed by atoms with Crippen molar-refractivity contribution in [3.05, 3.63) is 59.7 Å². The number of carbonyl (C=O) groups is 4. The number of carboxylic acid groups (broad SMARTS) is 4. The minimum absolute atomic E-state index is 0.120. The van der Waals surface area contributed by atoms with Gasteiger partial charge in [-0.2, -0.15) is 0 Å². The quantitative estimate of drug-likeness (QED) is 0.0414. The molecule has 10 rings (SSSR count). The molecule has 2 aromatic heterocycles. The number of aliphatic hydroxyl groups excluding tert-OH is 2. The zero-order chi connectivity index (χ0) is 62.1. The number of imidazole rings is 2. The summed E-state index contributed by atoms with van der Waals surface area (Å²) in [6.07, 6.45) is 38.8. The van der Waals surface area contributed by atoms with Gasteiger partial charge >= 0.3 is 23.9 Å². The van der Waals surface area contributed by atoms with Gasteiger partial charge in [0.25, 0.3) is 0 Å². The lowest BCUT2D eigenvalue weighted by atomic mass is 9.47. The topological polar surface area (TPSA) is 271 Å². The van der Waals surface area contributed by atoms with Gasteiger partial charge in [-0.15, -0.1) is 0 Å². The van der Waals surface area contributed by atoms with Crippen LogP contribution in [0.15, 0.2) is 48.3 Å². The van der Waals surface area contributed by atoms with Crippen LogP contribution in [0, 0.1) is 92.7 Å². The number of aromatic nitrogens is 4. The molecule has 0 radical (unpaired) electrons. The van der Waals surface area contributed by atoms with E-state index >= 15 is 0 Å². The second-order valence-electron chi connectivity index (χ2n) is 30.2. The fourth-order valence-corrected chi connectivity index (χ4v) is 20.0. The van der Waals surface area contributed by atoms with E-state index in [-0.39, 0.29) is 25.0 Å². The highest BCUT2D eigenvalue weighted by molar-refractivity contribution is 5.75. The summed E-state index contributed by atoms with van der Waals surface area (Å²) in [6, 6.07) is -1.16. The van der Waals surface area contributed by atoms with Crippen molar-refractivity contribution in [2.75, 3.05) is 13.1 Å². The van der Waals surface area contributed by atoms with Crippen molar-refractivity contribution >= 4 is 23.9 Å². The molecule has 0 aliphatic heterocycles. The van der Waals surface area contributed by atoms with Gasteiger partial charge in [0.15, 0.2) is 0 Å². The molecule has 0 aromatic carbocycles. The number of H-pyrrole nitrogens is 2. The number of aliphatic hydroxyl groups is 2. The van der Waals surface area contributed by atoms with E-state index in [1.54, 1.807) is 36.2 Å². The van der Waals surface area contributed by atoms with E-state index in [1.807, 2.05) is 0 Å². The van der Waals surface area contributed by atoms with Crippen LogP contribution in [0.25, 0.3) is 0 Å². The number of hydrogen-bond donors (Lipinski definition) is 10. The average Bonchev–Trinajstić information content (AvgIpc) is 1.36. The summed E-state index contributed by atoms with van der Waals surface area (Å²) >= 11 is 0. The molecule has 6 fully saturated rings. The summed E-state index contributed by atoms with van der Waals surface area (Å²) in [6.45, 7) is 21.3. The van der Waals surface area contributed by atoms with Gasteiger partial charge < -0.3 is 51.2 Å². The number of nitrogens with zero attached hydrogens (tertiary/aromatic N) is 2. The van der Waals surface area contributed by atoms with Gasteiger partial charge in [0.05, 0.1) is 37.7 Å². The van der Waals surface area contributed by atoms with Crippen LogP contribution in [0.3, 0.4) is 0 Å². The molecule has 2 aromatic rings. The monoisotopic (exact) mass is 1200 g/mol. The van der Waals surface area contributed by atoms with Crippen LogP contribution in [-0.4, -0.2) is 112 Å². The van der Waals surface area contributed by atoms with Crippen molar-refractivity contribution in [2.24, 2.45) is 92.7 Å². The van der Waals surface area contributed by atoms with Crippen LogP contribution in [-0.2, 0) is 32.0 Å². The summed E-state index contributed by atoms with van der Waals surface area (Å²) in [4.78, 5) is 56.7. The van der Waals surface area contributed by atoms with Gasteiger partial charge in [0, 0.05) is 36.6 Å². The highest BCUT2D eigenvalue weighted by atomic mass is 16.4. The summed E-state index contributed by atoms with van der Waals surface area (Å²) in [7, 11) is 0. The molecule has 20 atom stereocenters. The molecular weight excluding hydrogens is 1080 g/mol. The molecule has 0 amide bonds. The standard InChI is InChI=1S/2C33H53N3O3.C4H6O4/c2*1-21(18-35-30(31(38)39)17-24-19-34-20-36-24)6-5-7-22(2)27-10-11-28-26-9-8-23-16-25(37)12-14-32(23,3)29(26)13-15-33(27,28)4;5-3(6)1-2-4(7)8/h2*8,19-22,25-30,35,37H,5-7,9-18H2,1-4H3,(H,34,36)(H,38,39);1-2H2,(H,5,6)(H,7,8)/t2*21?,22-,25+,26+,27-,28+,29+,30+,32+,33-;/m11./s1. The van der Waals surface area contributed by atoms with Crippen LogP contribution in [0.2, 0.25) is 0 Å². The fourth-order valence-electron chi connectivity index (χ4n) is 20.0. The van der Waals surface area contributed by atoms with Crippen LogP contribution in [0.1, 0.15) is 221 Å². The van der Waals surface area contributed by atoms with Crippen molar-refractivity contribution in [1.29, 1.82) is 0 Å². The predicted molar refractivity (Wildman–Crippen MR) is 335 cm³/mol. The van der Waals surface area contributed by atoms with Gasteiger partial charge in [-0.05, 0) is 221 Å². The van der Waals surface area contributed by atoms with Crippen LogP contribution < -0.4 is 10.6 Å². The molecule has 0 saturated heterocycles. The minimum Gasteiger partial charge on any atom is -0.481 e. The highest BCUT2D eigenvalue weighted by Crippen LogP contribution is 2.69. The number of nitrogens with one attached hydrogen (secondary N) is 4. The first-order valence-electron chi connectivity index (χ1n) is 33.9. The number of allylic oxidation sites excluding steroid dienone is 2. The summed E-state index contributed by atoms with van der Waals surface area (Å²) in [5, 5.41) is 62.2. The Morgan fingerprint density at radius 1 is 0.547 bits per heavy atom. The van der Waals surface area contributed by atoms with Gasteiger partial charge in [0.2, 0.25) is 0 Å². The zero-order valence-electron chi connectivity index (χ0n) is 53.7. The summed E-state index contributed by atoms with van der Waals surface area (Å²) in [5.74, 6) is 5.32. The third-order valence-corrected chi connectivity index (χ3v) is 24.9. The van der Waals surface area contributed by atoms with Crippen molar-refractivity contribution in [2.45, 2.75) is 247 Å². The van der Waals surface area contributed by atoms with Crippen LogP contribution >= 0.6 is 0 Å². The number of hydrogen-bond acceptors (Lipinski definition) is 10. The second-order valence-corrected chi connectivity index (χ2v) is 30.2. The Hall–Kier alpha value is -4.38. The molecule has 0 bridgehead atoms. The average molecular weight is 1200 g/mol. The largest absolute Gasteiger partial charge is 0.481 e. The number of aliphatic carboxylic acids is 4. The van der Waals surface area contributed by atoms with E-state index in [2.05, 4.69) is 98.1 Å². The molecule has 6 saturated carbocycles. The third-order valence-electron chi connectivity index (χ3n) is 24.9. The molecular formula is C70H112N6O10. The smallest absolute Gasteiger partial charge is 0.321 e. The summed E-state index contributed by atoms with van der Waals surface area (Å²) in [5.41, 5.74) is 6.47. The number of fused-ring (bicyclic) bond motifs is 10. The Labute approximate surface area is 514 Å². The molecule has 482 valence electrons. The fraction of sp³-hybridized carbons (Fsp3) is 0.800. The first kappa shape index (κ1) is 67.5. The third kappa shape index (κ3) is 15.8. The zero-order valence-corrected chi connectivity index (χ0v) is 53.7. The van der Waals surface area contributed by atoms with Gasteiger partial charge in [-0.1, -0.05) is 104 Å². The number of carboxylic acids is 4. The van der Waals surface area contributed by atoms with Gasteiger partial charge in [-0.25, -0.2) is 9.97 Å². The van der Waals surface area contributed by atoms with E-state index in [1.165, 1.54) is 103 Å². The highest BCUT2D eigenvalue weighted by Gasteiger charge is 2.61. The molecule has 86 heavy (non-hydrogen) atoms. The lowest BCUT2D eigenvalue weighted by molar-refractivity contribution is -0.143. The minimum atomic E-state index is -1.08. The SMILES string of the molecule is CC(CCC[C@@H](C)[C@H]1CC[C@H]2[C@@H]3CC=C4C[C@@H](O)CC[C@]4(C)[C@H]3CC[C@]12C)CN[C@@H](Cc1cnc[nH]1)C(=O)O.CC(CCC[C@@H](C)[C@H]1CC[C@H]2[C@@H]3CC=C4C[C@@H](O)CC[C@]4(C)[C@H]3CC[C@]12C)CN[C@@H](Cc1cnc[nH]1)C(=O)O.O=C(O)CCC(=O)O. The Morgan fingerprint density at radius 2 is 0.942 bits per heavy atom. The van der Waals surface area contributed by atoms with E-state index in [0.29, 0.717) is 46.3 Å². The molecule has 2 unspecified atom stereocenters. The molecule has 0 spiro atoms. The molecule has 10 N–H and O–H groups in total. The van der Waals surface area contributed by atoms with Crippen LogP contribution in [0.4, 0.5) is 0 Å². The Balaban J connectivity index is 0.000000198. The van der Waals surface area contributed by atoms with E-state index in [0.717, 1.165) is 122 Å². The lowest BCUT2D eigenvalue weighted by Crippen LogP contribution is -2.50. The molecule has 2 heterocycles. The van der Waals surface area contributed by atoms with Crippen molar-refractivity contribution in [1.82, 2.24) is 30.6 Å². The first-order chi connectivity index (χ1) is 40.9. The maximum atomic E-state index is 11.7. The number of aromatic amines is 2. The maximum Gasteiger partial charge on any atom is 0.321 e. The van der Waals surface area contributed by atoms with Crippen LogP contribution in [0.5, 0.6) is 0 Å². The maximum absolute atomic E-state index is 11.7. The van der Waals surface area contributed by atoms with E-state index < -0.39 is 36.0 Å². The molecule has 8 aliphatic rings. The first-order valence-corrected chi connectivity index (χ1v) is 33.9. The van der Waals surface area contributed by atoms with E-state index in [4.69, 9.17) is 10.2 Å². The Morgan fingerprint density at radius 3 is 1.29 bits per heavy atom. The lowest BCUT2D eigenvalue weighted by Gasteiger charge is -2.58. The normalized spacial score (nSPS) is 35.4. The second kappa shape index (κ2) is 29.5. The van der Waals surface area contributed by atoms with Crippen molar-refractivity contribution < 1.29 is 49.8 Å². The van der Waals surface area contributed by atoms with Gasteiger partial charge in [0.1, 0.15) is 12.1 Å². The molecule has 8 aliphatic carbocycles. The van der Waals surface area contributed by atoms with Crippen molar-refractivity contribution in [3.8, 4) is 0 Å².